The van der Waals surface area contributed by atoms with Crippen LogP contribution in [0.4, 0.5) is 0 Å². The molecule has 0 bridgehead atoms. The number of nitrogens with zero attached hydrogens (tertiary/aromatic N) is 2. The highest BCUT2D eigenvalue weighted by molar-refractivity contribution is 6.34. The van der Waals surface area contributed by atoms with Gasteiger partial charge in [0.1, 0.15) is 5.15 Å². The van der Waals surface area contributed by atoms with Crippen LogP contribution in [0.3, 0.4) is 0 Å². The first-order valence-electron chi connectivity index (χ1n) is 6.65. The molecule has 0 spiro atoms. The van der Waals surface area contributed by atoms with Crippen molar-refractivity contribution < 1.29 is 9.47 Å². The summed E-state index contributed by atoms with van der Waals surface area (Å²) in [5.74, 6) is 1.42. The number of hydrogen-bond acceptors (Lipinski definition) is 4. The largest absolute Gasteiger partial charge is 0.493 e. The zero-order valence-corrected chi connectivity index (χ0v) is 12.6. The molecule has 0 unspecified atom stereocenters. The third-order valence-corrected chi connectivity index (χ3v) is 3.83. The Kier molecular flexibility index (Phi) is 3.80. The Balaban J connectivity index is 2.16. The van der Waals surface area contributed by atoms with Crippen LogP contribution in [0.5, 0.6) is 11.5 Å². The number of benzene rings is 1. The summed E-state index contributed by atoms with van der Waals surface area (Å²) in [4.78, 5) is 8.76. The van der Waals surface area contributed by atoms with E-state index in [9.17, 15) is 0 Å². The molecule has 21 heavy (non-hydrogen) atoms. The third-order valence-electron chi connectivity index (χ3n) is 3.53. The molecule has 0 aliphatic carbocycles. The van der Waals surface area contributed by atoms with Crippen LogP contribution in [-0.2, 0) is 6.42 Å². The molecule has 1 aliphatic rings. The van der Waals surface area contributed by atoms with Gasteiger partial charge in [0.2, 0.25) is 0 Å². The fourth-order valence-corrected chi connectivity index (χ4v) is 2.72. The standard InChI is InChI=1S/C16H15ClN2O2/c1-20-13-8-10-5-7-18-15(12(10)9-14(13)21-2)11-4-3-6-19-16(11)17/h3-4,6,8-9H,5,7H2,1-2H3. The SMILES string of the molecule is COc1cc2c(cc1OC)C(c1cccnc1Cl)=NCC2. The molecular formula is C16H15ClN2O2. The molecule has 0 amide bonds. The van der Waals surface area contributed by atoms with Crippen molar-refractivity contribution in [1.29, 1.82) is 0 Å². The molecule has 1 aromatic heterocycles. The Morgan fingerprint density at radius 1 is 1.10 bits per heavy atom. The van der Waals surface area contributed by atoms with Crippen molar-refractivity contribution in [3.63, 3.8) is 0 Å². The number of aliphatic imine (C=N–C) groups is 1. The third kappa shape index (κ3) is 2.47. The number of ether oxygens (including phenoxy) is 2. The van der Waals surface area contributed by atoms with E-state index in [-0.39, 0.29) is 0 Å². The fraction of sp³-hybridized carbons (Fsp3) is 0.250. The van der Waals surface area contributed by atoms with Crippen LogP contribution >= 0.6 is 11.6 Å². The van der Waals surface area contributed by atoms with E-state index in [1.807, 2.05) is 24.3 Å². The highest BCUT2D eigenvalue weighted by Crippen LogP contribution is 2.34. The number of halogens is 1. The van der Waals surface area contributed by atoms with E-state index < -0.39 is 0 Å². The number of fused-ring (bicyclic) bond motifs is 1. The van der Waals surface area contributed by atoms with Gasteiger partial charge in [0, 0.05) is 23.9 Å². The van der Waals surface area contributed by atoms with Crippen LogP contribution in [0.15, 0.2) is 35.5 Å². The highest BCUT2D eigenvalue weighted by atomic mass is 35.5. The van der Waals surface area contributed by atoms with Gasteiger partial charge in [-0.05, 0) is 36.2 Å². The molecule has 1 aliphatic heterocycles. The van der Waals surface area contributed by atoms with Gasteiger partial charge in [-0.25, -0.2) is 4.98 Å². The molecule has 0 saturated carbocycles. The first kappa shape index (κ1) is 13.9. The summed E-state index contributed by atoms with van der Waals surface area (Å²) in [6, 6.07) is 7.75. The predicted molar refractivity (Wildman–Crippen MR) is 83.0 cm³/mol. The van der Waals surface area contributed by atoms with Crippen molar-refractivity contribution in [2.45, 2.75) is 6.42 Å². The van der Waals surface area contributed by atoms with E-state index in [0.29, 0.717) is 10.9 Å². The lowest BCUT2D eigenvalue weighted by molar-refractivity contribution is 0.354. The Hall–Kier alpha value is -2.07. The van der Waals surface area contributed by atoms with Crippen molar-refractivity contribution in [1.82, 2.24) is 4.98 Å². The molecule has 0 atom stereocenters. The summed E-state index contributed by atoms with van der Waals surface area (Å²) in [6.07, 6.45) is 2.54. The van der Waals surface area contributed by atoms with Crippen LogP contribution in [0.1, 0.15) is 16.7 Å². The molecule has 0 radical (unpaired) electrons. The minimum absolute atomic E-state index is 0.457. The molecule has 5 heteroatoms. The normalized spacial score (nSPS) is 13.4. The van der Waals surface area contributed by atoms with Gasteiger partial charge in [0.05, 0.1) is 19.9 Å². The Morgan fingerprint density at radius 2 is 1.86 bits per heavy atom. The molecule has 2 heterocycles. The summed E-state index contributed by atoms with van der Waals surface area (Å²) >= 11 is 6.21. The van der Waals surface area contributed by atoms with E-state index in [2.05, 4.69) is 9.98 Å². The Morgan fingerprint density at radius 3 is 2.57 bits per heavy atom. The van der Waals surface area contributed by atoms with Gasteiger partial charge >= 0.3 is 0 Å². The summed E-state index contributed by atoms with van der Waals surface area (Å²) < 4.78 is 10.8. The average Bonchev–Trinajstić information content (AvgIpc) is 2.53. The predicted octanol–water partition coefficient (Wildman–Crippen LogP) is 3.15. The van der Waals surface area contributed by atoms with Crippen LogP contribution in [0.2, 0.25) is 5.15 Å². The smallest absolute Gasteiger partial charge is 0.161 e. The van der Waals surface area contributed by atoms with Gasteiger partial charge < -0.3 is 9.47 Å². The van der Waals surface area contributed by atoms with E-state index in [0.717, 1.165) is 35.6 Å². The number of rotatable bonds is 3. The maximum absolute atomic E-state index is 6.21. The number of hydrogen-bond donors (Lipinski definition) is 0. The lowest BCUT2D eigenvalue weighted by atomic mass is 9.93. The van der Waals surface area contributed by atoms with Gasteiger partial charge in [0.25, 0.3) is 0 Å². The van der Waals surface area contributed by atoms with Crippen molar-refractivity contribution in [3.8, 4) is 11.5 Å². The van der Waals surface area contributed by atoms with Gasteiger partial charge in [0.15, 0.2) is 11.5 Å². The fourth-order valence-electron chi connectivity index (χ4n) is 2.51. The van der Waals surface area contributed by atoms with Crippen LogP contribution in [0.25, 0.3) is 0 Å². The zero-order chi connectivity index (χ0) is 14.8. The Labute approximate surface area is 128 Å². The lowest BCUT2D eigenvalue weighted by Crippen LogP contribution is -2.15. The van der Waals surface area contributed by atoms with Gasteiger partial charge in [-0.3, -0.25) is 4.99 Å². The van der Waals surface area contributed by atoms with E-state index in [1.165, 1.54) is 5.56 Å². The minimum atomic E-state index is 0.457. The second-order valence-corrected chi connectivity index (χ2v) is 5.04. The quantitative estimate of drug-likeness (QED) is 0.818. The molecule has 108 valence electrons. The molecule has 3 rings (SSSR count). The maximum Gasteiger partial charge on any atom is 0.161 e. The van der Waals surface area contributed by atoms with Crippen molar-refractivity contribution in [2.24, 2.45) is 4.99 Å². The molecule has 0 fully saturated rings. The van der Waals surface area contributed by atoms with Gasteiger partial charge in [-0.15, -0.1) is 0 Å². The topological polar surface area (TPSA) is 43.7 Å². The Bertz CT molecular complexity index is 713. The monoisotopic (exact) mass is 302 g/mol. The van der Waals surface area contributed by atoms with Crippen LogP contribution in [0, 0.1) is 0 Å². The summed E-state index contributed by atoms with van der Waals surface area (Å²) in [6.45, 7) is 0.725. The van der Waals surface area contributed by atoms with Crippen molar-refractivity contribution in [3.05, 3.63) is 52.3 Å². The molecule has 2 aromatic rings. The summed E-state index contributed by atoms with van der Waals surface area (Å²) in [7, 11) is 3.26. The first-order chi connectivity index (χ1) is 10.2. The van der Waals surface area contributed by atoms with Gasteiger partial charge in [-0.2, -0.15) is 0 Å². The van der Waals surface area contributed by atoms with Crippen molar-refractivity contribution in [2.75, 3.05) is 20.8 Å². The molecule has 0 N–H and O–H groups in total. The first-order valence-corrected chi connectivity index (χ1v) is 7.03. The second-order valence-electron chi connectivity index (χ2n) is 4.69. The zero-order valence-electron chi connectivity index (χ0n) is 11.9. The highest BCUT2D eigenvalue weighted by Gasteiger charge is 2.21. The van der Waals surface area contributed by atoms with Crippen LogP contribution < -0.4 is 9.47 Å². The van der Waals surface area contributed by atoms with Crippen LogP contribution in [-0.4, -0.2) is 31.5 Å². The van der Waals surface area contributed by atoms with E-state index in [4.69, 9.17) is 21.1 Å². The second kappa shape index (κ2) is 5.74. The minimum Gasteiger partial charge on any atom is -0.493 e. The number of aromatic nitrogens is 1. The summed E-state index contributed by atoms with van der Waals surface area (Å²) in [5.41, 5.74) is 3.90. The molecule has 1 aromatic carbocycles. The van der Waals surface area contributed by atoms with E-state index >= 15 is 0 Å². The number of pyridine rings is 1. The molecular weight excluding hydrogens is 288 g/mol. The molecule has 4 nitrogen and oxygen atoms in total. The lowest BCUT2D eigenvalue weighted by Gasteiger charge is -2.20. The molecule has 0 saturated heterocycles. The van der Waals surface area contributed by atoms with Crippen molar-refractivity contribution >= 4 is 17.3 Å². The average molecular weight is 303 g/mol. The van der Waals surface area contributed by atoms with Gasteiger partial charge in [-0.1, -0.05) is 11.6 Å². The summed E-state index contributed by atoms with van der Waals surface area (Å²) in [5, 5.41) is 0.457. The number of methoxy groups -OCH3 is 2. The maximum atomic E-state index is 6.21. The van der Waals surface area contributed by atoms with E-state index in [1.54, 1.807) is 20.4 Å².